The van der Waals surface area contributed by atoms with Crippen molar-refractivity contribution in [3.8, 4) is 17.0 Å². The molecule has 7 heteroatoms. The zero-order valence-electron chi connectivity index (χ0n) is 14.5. The fourth-order valence-corrected chi connectivity index (χ4v) is 3.83. The van der Waals surface area contributed by atoms with Crippen LogP contribution in [0.5, 0.6) is 5.75 Å². The van der Waals surface area contributed by atoms with Crippen molar-refractivity contribution < 1.29 is 19.1 Å². The van der Waals surface area contributed by atoms with E-state index in [4.69, 9.17) is 9.47 Å². The third-order valence-corrected chi connectivity index (χ3v) is 5.10. The van der Waals surface area contributed by atoms with Gasteiger partial charge in [0.05, 0.1) is 13.7 Å². The molecule has 6 nitrogen and oxygen atoms in total. The van der Waals surface area contributed by atoms with Gasteiger partial charge >= 0.3 is 5.97 Å². The summed E-state index contributed by atoms with van der Waals surface area (Å²) in [7, 11) is 1.62. The number of aldehydes is 1. The normalized spacial score (nSPS) is 10.9. The lowest BCUT2D eigenvalue weighted by molar-refractivity contribution is 0.0530. The van der Waals surface area contributed by atoms with Crippen LogP contribution in [0.1, 0.15) is 38.3 Å². The Morgan fingerprint density at radius 2 is 2.12 bits per heavy atom. The summed E-state index contributed by atoms with van der Waals surface area (Å²) in [6.07, 6.45) is 0.767. The van der Waals surface area contributed by atoms with Gasteiger partial charge in [-0.05, 0) is 44.5 Å². The Balaban J connectivity index is 2.16. The van der Waals surface area contributed by atoms with Crippen molar-refractivity contribution in [3.63, 3.8) is 0 Å². The monoisotopic (exact) mass is 358 g/mol. The Morgan fingerprint density at radius 1 is 1.36 bits per heavy atom. The Hall–Kier alpha value is -2.67. The summed E-state index contributed by atoms with van der Waals surface area (Å²) >= 11 is 1.22. The second-order valence-electron chi connectivity index (χ2n) is 5.50. The van der Waals surface area contributed by atoms with E-state index in [1.807, 2.05) is 25.1 Å². The number of esters is 1. The number of hydrogen-bond acceptors (Lipinski definition) is 6. The molecule has 0 aliphatic rings. The molecule has 3 rings (SSSR count). The highest BCUT2D eigenvalue weighted by molar-refractivity contribution is 7.19. The molecule has 0 bridgehead atoms. The molecule has 0 fully saturated rings. The Kier molecular flexibility index (Phi) is 4.59. The fraction of sp³-hybridized carbons (Fsp3) is 0.278. The summed E-state index contributed by atoms with van der Waals surface area (Å²) in [5.41, 5.74) is 3.45. The number of fused-ring (bicyclic) bond motifs is 1. The van der Waals surface area contributed by atoms with Crippen molar-refractivity contribution in [1.29, 1.82) is 0 Å². The summed E-state index contributed by atoms with van der Waals surface area (Å²) in [6.45, 7) is 5.78. The van der Waals surface area contributed by atoms with Gasteiger partial charge in [0.25, 0.3) is 0 Å². The average molecular weight is 358 g/mol. The van der Waals surface area contributed by atoms with Crippen molar-refractivity contribution in [2.24, 2.45) is 0 Å². The zero-order valence-corrected chi connectivity index (χ0v) is 15.3. The molecule has 0 amide bonds. The number of carbonyl (C=O) groups excluding carboxylic acids is 2. The quantitative estimate of drug-likeness (QED) is 0.514. The van der Waals surface area contributed by atoms with Crippen LogP contribution in [0.15, 0.2) is 18.2 Å². The second kappa shape index (κ2) is 6.68. The second-order valence-corrected chi connectivity index (χ2v) is 6.48. The first kappa shape index (κ1) is 17.2. The Bertz CT molecular complexity index is 971. The third kappa shape index (κ3) is 2.80. The molecule has 2 heterocycles. The number of benzene rings is 1. The minimum Gasteiger partial charge on any atom is -0.496 e. The van der Waals surface area contributed by atoms with Crippen LogP contribution in [0.4, 0.5) is 0 Å². The molecule has 25 heavy (non-hydrogen) atoms. The molecule has 0 radical (unpaired) electrons. The van der Waals surface area contributed by atoms with Crippen LogP contribution in [0.25, 0.3) is 16.2 Å². The average Bonchev–Trinajstić information content (AvgIpc) is 3.11. The molecule has 130 valence electrons. The smallest absolute Gasteiger partial charge is 0.350 e. The van der Waals surface area contributed by atoms with Gasteiger partial charge in [0.15, 0.2) is 11.2 Å². The predicted octanol–water partition coefficient (Wildman–Crippen LogP) is 3.68. The van der Waals surface area contributed by atoms with E-state index in [0.29, 0.717) is 33.5 Å². The molecule has 0 saturated heterocycles. The van der Waals surface area contributed by atoms with Gasteiger partial charge in [-0.2, -0.15) is 0 Å². The zero-order chi connectivity index (χ0) is 18.1. The van der Waals surface area contributed by atoms with Crippen molar-refractivity contribution >= 4 is 28.6 Å². The highest BCUT2D eigenvalue weighted by Gasteiger charge is 2.23. The molecule has 0 atom stereocenters. The third-order valence-electron chi connectivity index (χ3n) is 3.98. The molecule has 0 spiro atoms. The number of aryl methyl sites for hydroxylation is 2. The van der Waals surface area contributed by atoms with Crippen LogP contribution < -0.4 is 4.74 Å². The van der Waals surface area contributed by atoms with Crippen LogP contribution in [0.3, 0.4) is 0 Å². The molecule has 0 saturated carbocycles. The molecule has 0 aliphatic carbocycles. The first-order valence-electron chi connectivity index (χ1n) is 7.81. The molecule has 0 N–H and O–H groups in total. The summed E-state index contributed by atoms with van der Waals surface area (Å²) in [5, 5.41) is 0. The lowest BCUT2D eigenvalue weighted by Gasteiger charge is -2.06. The number of nitrogens with zero attached hydrogens (tertiary/aromatic N) is 2. The van der Waals surface area contributed by atoms with Crippen LogP contribution in [-0.4, -0.2) is 35.4 Å². The van der Waals surface area contributed by atoms with E-state index in [0.717, 1.165) is 23.2 Å². The first-order valence-corrected chi connectivity index (χ1v) is 8.62. The first-order chi connectivity index (χ1) is 12.0. The summed E-state index contributed by atoms with van der Waals surface area (Å²) in [4.78, 5) is 29.4. The van der Waals surface area contributed by atoms with Gasteiger partial charge in [0, 0.05) is 11.3 Å². The van der Waals surface area contributed by atoms with E-state index >= 15 is 0 Å². The summed E-state index contributed by atoms with van der Waals surface area (Å²) in [5.74, 6) is 0.382. The Labute approximate surface area is 149 Å². The maximum absolute atomic E-state index is 12.0. The van der Waals surface area contributed by atoms with Gasteiger partial charge in [-0.3, -0.25) is 9.20 Å². The SMILES string of the molecule is CCOC(=O)c1sc2nc(-c3ccc(OC)c(C)c3)c(C=O)n2c1C. The number of carbonyl (C=O) groups is 2. The van der Waals surface area contributed by atoms with Gasteiger partial charge in [0.1, 0.15) is 22.0 Å². The van der Waals surface area contributed by atoms with E-state index in [9.17, 15) is 9.59 Å². The van der Waals surface area contributed by atoms with E-state index in [1.54, 1.807) is 25.4 Å². The van der Waals surface area contributed by atoms with E-state index < -0.39 is 5.97 Å². The van der Waals surface area contributed by atoms with Crippen LogP contribution in [0.2, 0.25) is 0 Å². The minimum absolute atomic E-state index is 0.301. The maximum atomic E-state index is 12.0. The lowest BCUT2D eigenvalue weighted by atomic mass is 10.1. The highest BCUT2D eigenvalue weighted by atomic mass is 32.1. The van der Waals surface area contributed by atoms with Crippen LogP contribution >= 0.6 is 11.3 Å². The van der Waals surface area contributed by atoms with Gasteiger partial charge in [-0.1, -0.05) is 11.3 Å². The Morgan fingerprint density at radius 3 is 2.72 bits per heavy atom. The number of imidazole rings is 1. The number of aromatic nitrogens is 2. The van der Waals surface area contributed by atoms with Gasteiger partial charge in [-0.15, -0.1) is 0 Å². The molecule has 3 aromatic rings. The van der Waals surface area contributed by atoms with Gasteiger partial charge < -0.3 is 9.47 Å². The topological polar surface area (TPSA) is 69.9 Å². The highest BCUT2D eigenvalue weighted by Crippen LogP contribution is 2.32. The van der Waals surface area contributed by atoms with E-state index in [1.165, 1.54) is 11.3 Å². The number of methoxy groups -OCH3 is 1. The summed E-state index contributed by atoms with van der Waals surface area (Å²) < 4.78 is 12.0. The van der Waals surface area contributed by atoms with Crippen LogP contribution in [-0.2, 0) is 4.74 Å². The summed E-state index contributed by atoms with van der Waals surface area (Å²) in [6, 6.07) is 5.65. The number of hydrogen-bond donors (Lipinski definition) is 0. The number of ether oxygens (including phenoxy) is 2. The van der Waals surface area contributed by atoms with Gasteiger partial charge in [0.2, 0.25) is 0 Å². The molecule has 0 unspecified atom stereocenters. The largest absolute Gasteiger partial charge is 0.496 e. The van der Waals surface area contributed by atoms with Crippen molar-refractivity contribution in [3.05, 3.63) is 40.0 Å². The molecule has 2 aromatic heterocycles. The maximum Gasteiger partial charge on any atom is 0.350 e. The van der Waals surface area contributed by atoms with E-state index in [2.05, 4.69) is 4.98 Å². The molecular formula is C18H18N2O4S. The van der Waals surface area contributed by atoms with Crippen molar-refractivity contribution in [2.75, 3.05) is 13.7 Å². The molecule has 1 aromatic carbocycles. The predicted molar refractivity (Wildman–Crippen MR) is 95.9 cm³/mol. The van der Waals surface area contributed by atoms with E-state index in [-0.39, 0.29) is 0 Å². The van der Waals surface area contributed by atoms with Crippen molar-refractivity contribution in [2.45, 2.75) is 20.8 Å². The molecular weight excluding hydrogens is 340 g/mol. The number of rotatable bonds is 5. The number of thiazole rings is 1. The van der Waals surface area contributed by atoms with Crippen molar-refractivity contribution in [1.82, 2.24) is 9.38 Å². The van der Waals surface area contributed by atoms with Crippen LogP contribution in [0, 0.1) is 13.8 Å². The minimum atomic E-state index is -0.394. The van der Waals surface area contributed by atoms with Gasteiger partial charge in [-0.25, -0.2) is 9.78 Å². The molecule has 0 aliphatic heterocycles. The standard InChI is InChI=1S/C18H18N2O4S/c1-5-24-17(22)16-11(3)20-13(9-21)15(19-18(20)25-16)12-6-7-14(23-4)10(2)8-12/h6-9H,5H2,1-4H3. The lowest BCUT2D eigenvalue weighted by Crippen LogP contribution is -2.05. The fourth-order valence-electron chi connectivity index (χ4n) is 2.80.